The SMILES string of the molecule is CS(=O)c1ccc(CNCC(O)Cc2ccccc2)cc1. The standard InChI is InChI=1S/C17H21NO2S/c1-21(20)17-9-7-15(8-10-17)12-18-13-16(19)11-14-5-3-2-4-6-14/h2-10,16,18-19H,11-13H2,1H3. The minimum atomic E-state index is -0.933. The fourth-order valence-electron chi connectivity index (χ4n) is 2.14. The van der Waals surface area contributed by atoms with Crippen molar-refractivity contribution in [1.29, 1.82) is 0 Å². The van der Waals surface area contributed by atoms with Gasteiger partial charge in [0.05, 0.1) is 6.10 Å². The predicted molar refractivity (Wildman–Crippen MR) is 86.6 cm³/mol. The second kappa shape index (κ2) is 8.08. The van der Waals surface area contributed by atoms with E-state index in [1.54, 1.807) is 6.26 Å². The molecule has 0 saturated heterocycles. The molecule has 2 rings (SSSR count). The first-order valence-corrected chi connectivity index (χ1v) is 8.56. The first-order chi connectivity index (χ1) is 10.1. The molecule has 0 aliphatic carbocycles. The van der Waals surface area contributed by atoms with E-state index < -0.39 is 16.9 Å². The van der Waals surface area contributed by atoms with Crippen molar-refractivity contribution >= 4 is 10.8 Å². The van der Waals surface area contributed by atoms with Crippen LogP contribution in [0.15, 0.2) is 59.5 Å². The third kappa shape index (κ3) is 5.42. The number of hydrogen-bond acceptors (Lipinski definition) is 3. The Labute approximate surface area is 128 Å². The quantitative estimate of drug-likeness (QED) is 0.824. The normalized spacial score (nSPS) is 13.8. The van der Waals surface area contributed by atoms with Crippen LogP contribution in [0.2, 0.25) is 0 Å². The number of benzene rings is 2. The maximum Gasteiger partial charge on any atom is 0.0704 e. The van der Waals surface area contributed by atoms with Crippen LogP contribution in [0.4, 0.5) is 0 Å². The van der Waals surface area contributed by atoms with Crippen molar-refractivity contribution in [3.8, 4) is 0 Å². The zero-order valence-electron chi connectivity index (χ0n) is 12.2. The third-order valence-corrected chi connectivity index (χ3v) is 4.21. The van der Waals surface area contributed by atoms with E-state index in [2.05, 4.69) is 5.32 Å². The third-order valence-electron chi connectivity index (χ3n) is 3.28. The molecule has 2 atom stereocenters. The first kappa shape index (κ1) is 15.9. The molecule has 0 bridgehead atoms. The Balaban J connectivity index is 1.74. The zero-order valence-corrected chi connectivity index (χ0v) is 13.0. The first-order valence-electron chi connectivity index (χ1n) is 7.00. The van der Waals surface area contributed by atoms with Crippen molar-refractivity contribution in [2.75, 3.05) is 12.8 Å². The predicted octanol–water partition coefficient (Wildman–Crippen LogP) is 2.12. The van der Waals surface area contributed by atoms with Gasteiger partial charge in [0.15, 0.2) is 0 Å². The Morgan fingerprint density at radius 3 is 2.33 bits per heavy atom. The molecule has 0 heterocycles. The summed E-state index contributed by atoms with van der Waals surface area (Å²) in [7, 11) is -0.933. The second-order valence-electron chi connectivity index (χ2n) is 5.07. The van der Waals surface area contributed by atoms with Crippen LogP contribution in [-0.4, -0.2) is 28.2 Å². The van der Waals surface area contributed by atoms with Crippen molar-refractivity contribution < 1.29 is 9.32 Å². The number of aliphatic hydroxyl groups is 1. The summed E-state index contributed by atoms with van der Waals surface area (Å²) in [6.07, 6.45) is 1.93. The summed E-state index contributed by atoms with van der Waals surface area (Å²) in [5.74, 6) is 0. The molecule has 2 N–H and O–H groups in total. The molecular weight excluding hydrogens is 282 g/mol. The van der Waals surface area contributed by atoms with Crippen LogP contribution >= 0.6 is 0 Å². The molecule has 3 nitrogen and oxygen atoms in total. The Hall–Kier alpha value is -1.49. The van der Waals surface area contributed by atoms with E-state index in [0.717, 1.165) is 16.0 Å². The number of nitrogens with one attached hydrogen (secondary N) is 1. The molecule has 0 aromatic heterocycles. The molecule has 21 heavy (non-hydrogen) atoms. The summed E-state index contributed by atoms with van der Waals surface area (Å²) in [5.41, 5.74) is 2.26. The van der Waals surface area contributed by atoms with Gasteiger partial charge in [0.25, 0.3) is 0 Å². The van der Waals surface area contributed by atoms with E-state index in [0.29, 0.717) is 19.5 Å². The van der Waals surface area contributed by atoms with Crippen molar-refractivity contribution in [2.24, 2.45) is 0 Å². The van der Waals surface area contributed by atoms with Gasteiger partial charge < -0.3 is 10.4 Å². The maximum atomic E-state index is 11.3. The number of aliphatic hydroxyl groups excluding tert-OH is 1. The van der Waals surface area contributed by atoms with E-state index in [-0.39, 0.29) is 0 Å². The van der Waals surface area contributed by atoms with Gasteiger partial charge in [-0.25, -0.2) is 0 Å². The van der Waals surface area contributed by atoms with Gasteiger partial charge in [-0.2, -0.15) is 0 Å². The lowest BCUT2D eigenvalue weighted by Gasteiger charge is -2.12. The van der Waals surface area contributed by atoms with Crippen LogP contribution in [0, 0.1) is 0 Å². The second-order valence-corrected chi connectivity index (χ2v) is 6.45. The van der Waals surface area contributed by atoms with Crippen LogP contribution in [-0.2, 0) is 23.8 Å². The molecule has 0 amide bonds. The molecule has 2 aromatic rings. The lowest BCUT2D eigenvalue weighted by molar-refractivity contribution is 0.171. The molecule has 2 aromatic carbocycles. The Morgan fingerprint density at radius 1 is 1.05 bits per heavy atom. The molecule has 0 radical (unpaired) electrons. The summed E-state index contributed by atoms with van der Waals surface area (Å²) in [6, 6.07) is 17.7. The molecule has 0 spiro atoms. The van der Waals surface area contributed by atoms with Gasteiger partial charge in [0.2, 0.25) is 0 Å². The molecular formula is C17H21NO2S. The van der Waals surface area contributed by atoms with Crippen LogP contribution in [0.3, 0.4) is 0 Å². The van der Waals surface area contributed by atoms with Gasteiger partial charge in [-0.1, -0.05) is 42.5 Å². The van der Waals surface area contributed by atoms with Gasteiger partial charge in [-0.05, 0) is 29.7 Å². The minimum Gasteiger partial charge on any atom is -0.391 e. The summed E-state index contributed by atoms with van der Waals surface area (Å²) in [4.78, 5) is 0.836. The lowest BCUT2D eigenvalue weighted by atomic mass is 10.1. The van der Waals surface area contributed by atoms with Gasteiger partial charge in [0, 0.05) is 35.0 Å². The Morgan fingerprint density at radius 2 is 1.71 bits per heavy atom. The van der Waals surface area contributed by atoms with Crippen molar-refractivity contribution in [3.63, 3.8) is 0 Å². The van der Waals surface area contributed by atoms with Crippen LogP contribution in [0.1, 0.15) is 11.1 Å². The highest BCUT2D eigenvalue weighted by Crippen LogP contribution is 2.07. The largest absolute Gasteiger partial charge is 0.391 e. The Bertz CT molecular complexity index is 569. The summed E-state index contributed by atoms with van der Waals surface area (Å²) in [6.45, 7) is 1.25. The number of rotatable bonds is 7. The topological polar surface area (TPSA) is 49.3 Å². The average Bonchev–Trinajstić information content (AvgIpc) is 2.49. The van der Waals surface area contributed by atoms with Crippen LogP contribution in [0.5, 0.6) is 0 Å². The molecule has 0 aliphatic heterocycles. The van der Waals surface area contributed by atoms with E-state index in [9.17, 15) is 9.32 Å². The van der Waals surface area contributed by atoms with Gasteiger partial charge in [0.1, 0.15) is 0 Å². The summed E-state index contributed by atoms with van der Waals surface area (Å²) in [5, 5.41) is 13.2. The fourth-order valence-corrected chi connectivity index (χ4v) is 2.66. The molecule has 0 fully saturated rings. The summed E-state index contributed by atoms with van der Waals surface area (Å²) >= 11 is 0. The van der Waals surface area contributed by atoms with Crippen molar-refractivity contribution in [3.05, 3.63) is 65.7 Å². The van der Waals surface area contributed by atoms with E-state index in [1.807, 2.05) is 54.6 Å². The van der Waals surface area contributed by atoms with Gasteiger partial charge in [-0.3, -0.25) is 4.21 Å². The smallest absolute Gasteiger partial charge is 0.0704 e. The highest BCUT2D eigenvalue weighted by molar-refractivity contribution is 7.84. The average molecular weight is 303 g/mol. The van der Waals surface area contributed by atoms with E-state index in [1.165, 1.54) is 0 Å². The zero-order chi connectivity index (χ0) is 15.1. The van der Waals surface area contributed by atoms with Gasteiger partial charge in [-0.15, -0.1) is 0 Å². The van der Waals surface area contributed by atoms with Crippen molar-refractivity contribution in [1.82, 2.24) is 5.32 Å². The lowest BCUT2D eigenvalue weighted by Crippen LogP contribution is -2.28. The van der Waals surface area contributed by atoms with Crippen LogP contribution < -0.4 is 5.32 Å². The van der Waals surface area contributed by atoms with Gasteiger partial charge >= 0.3 is 0 Å². The highest BCUT2D eigenvalue weighted by atomic mass is 32.2. The maximum absolute atomic E-state index is 11.3. The highest BCUT2D eigenvalue weighted by Gasteiger charge is 2.05. The Kier molecular flexibility index (Phi) is 6.11. The summed E-state index contributed by atoms with van der Waals surface area (Å²) < 4.78 is 11.3. The van der Waals surface area contributed by atoms with Crippen LogP contribution in [0.25, 0.3) is 0 Å². The molecule has 0 saturated carbocycles. The molecule has 4 heteroatoms. The monoisotopic (exact) mass is 303 g/mol. The molecule has 0 aliphatic rings. The number of hydrogen-bond donors (Lipinski definition) is 2. The van der Waals surface area contributed by atoms with E-state index in [4.69, 9.17) is 0 Å². The fraction of sp³-hybridized carbons (Fsp3) is 0.294. The minimum absolute atomic E-state index is 0.394. The molecule has 112 valence electrons. The molecule has 2 unspecified atom stereocenters. The van der Waals surface area contributed by atoms with Crippen molar-refractivity contribution in [2.45, 2.75) is 24.0 Å². The van der Waals surface area contributed by atoms with E-state index >= 15 is 0 Å².